The molecule has 0 bridgehead atoms. The molecule has 0 saturated carbocycles. The van der Waals surface area contributed by atoms with E-state index in [9.17, 15) is 9.18 Å². The molecule has 25 heavy (non-hydrogen) atoms. The molecule has 2 rings (SSSR count). The lowest BCUT2D eigenvalue weighted by Crippen LogP contribution is -2.22. The quantitative estimate of drug-likeness (QED) is 0.232. The van der Waals surface area contributed by atoms with Crippen LogP contribution < -0.4 is 0 Å². The summed E-state index contributed by atoms with van der Waals surface area (Å²) in [5.41, 5.74) is 1.06. The monoisotopic (exact) mass is 494 g/mol. The van der Waals surface area contributed by atoms with Crippen LogP contribution in [0.4, 0.5) is 4.39 Å². The van der Waals surface area contributed by atoms with Crippen molar-refractivity contribution in [3.63, 3.8) is 0 Å². The van der Waals surface area contributed by atoms with Crippen LogP contribution in [0.15, 0.2) is 18.2 Å². The first-order valence-electron chi connectivity index (χ1n) is 7.90. The lowest BCUT2D eigenvalue weighted by Gasteiger charge is -2.16. The normalized spacial score (nSPS) is 11.8. The molecular weight excluding hydrogens is 474 g/mol. The van der Waals surface area contributed by atoms with Crippen LogP contribution in [0.2, 0.25) is 30.7 Å². The van der Waals surface area contributed by atoms with Gasteiger partial charge < -0.3 is 4.74 Å². The molecule has 8 heteroatoms. The Morgan fingerprint density at radius 3 is 2.68 bits per heavy atom. The highest BCUT2D eigenvalue weighted by molar-refractivity contribution is 14.1. The summed E-state index contributed by atoms with van der Waals surface area (Å²) in [6.07, 6.45) is 0. The molecule has 0 spiro atoms. The highest BCUT2D eigenvalue weighted by Crippen LogP contribution is 2.21. The van der Waals surface area contributed by atoms with Gasteiger partial charge in [-0.15, -0.1) is 0 Å². The summed E-state index contributed by atoms with van der Waals surface area (Å²) < 4.78 is 21.7. The summed E-state index contributed by atoms with van der Waals surface area (Å²) in [4.78, 5) is 17.1. The second-order valence-corrected chi connectivity index (χ2v) is 14.1. The van der Waals surface area contributed by atoms with Gasteiger partial charge in [0.2, 0.25) is 5.78 Å². The maximum absolute atomic E-state index is 13.3. The molecule has 0 fully saturated rings. The van der Waals surface area contributed by atoms with Gasteiger partial charge in [-0.25, -0.2) is 9.37 Å². The van der Waals surface area contributed by atoms with Crippen LogP contribution in [0.5, 0.6) is 0 Å². The molecule has 0 aliphatic rings. The van der Waals surface area contributed by atoms with Gasteiger partial charge in [0.25, 0.3) is 0 Å². The fraction of sp³-hybridized carbons (Fsp3) is 0.412. The topological polar surface area (TPSA) is 44.1 Å². The van der Waals surface area contributed by atoms with Crippen molar-refractivity contribution in [1.29, 1.82) is 0 Å². The van der Waals surface area contributed by atoms with E-state index in [1.807, 2.05) is 6.92 Å². The number of aryl methyl sites for hydroxylation is 1. The molecule has 0 saturated heterocycles. The van der Waals surface area contributed by atoms with Crippen LogP contribution in [0.1, 0.15) is 21.9 Å². The van der Waals surface area contributed by atoms with Gasteiger partial charge in [0.05, 0.1) is 10.7 Å². The second kappa shape index (κ2) is 8.28. The Balaban J connectivity index is 2.21. The standard InChI is InChI=1S/C17H21ClFIN2O2Si/c1-11-16(20)22(10-24-7-8-25(2,3)4)17(21-11)15(23)12-5-6-14(19)13(18)9-12/h5-6,9H,7-8,10H2,1-4H3. The number of benzene rings is 1. The van der Waals surface area contributed by atoms with Crippen LogP contribution in [0, 0.1) is 16.4 Å². The number of aromatic nitrogens is 2. The molecule has 2 aromatic rings. The van der Waals surface area contributed by atoms with E-state index in [1.54, 1.807) is 4.57 Å². The zero-order chi connectivity index (χ0) is 18.8. The molecule has 1 heterocycles. The highest BCUT2D eigenvalue weighted by Gasteiger charge is 2.21. The number of hydrogen-bond acceptors (Lipinski definition) is 3. The van der Waals surface area contributed by atoms with Crippen molar-refractivity contribution in [3.05, 3.63) is 49.8 Å². The van der Waals surface area contributed by atoms with Crippen molar-refractivity contribution in [2.24, 2.45) is 0 Å². The van der Waals surface area contributed by atoms with Crippen molar-refractivity contribution >= 4 is 48.0 Å². The van der Waals surface area contributed by atoms with Gasteiger partial charge in [-0.2, -0.15) is 0 Å². The minimum Gasteiger partial charge on any atom is -0.361 e. The molecule has 0 aliphatic heterocycles. The Morgan fingerprint density at radius 1 is 1.40 bits per heavy atom. The SMILES string of the molecule is Cc1nc(C(=O)c2ccc(F)c(Cl)c2)n(COCC[Si](C)(C)C)c1I. The van der Waals surface area contributed by atoms with Crippen LogP contribution in [0.25, 0.3) is 0 Å². The van der Waals surface area contributed by atoms with E-state index in [0.717, 1.165) is 15.4 Å². The van der Waals surface area contributed by atoms with Crippen molar-refractivity contribution in [2.75, 3.05) is 6.61 Å². The number of nitrogens with zero attached hydrogens (tertiary/aromatic N) is 2. The third-order valence-corrected chi connectivity index (χ3v) is 7.02. The largest absolute Gasteiger partial charge is 0.361 e. The zero-order valence-corrected chi connectivity index (χ0v) is 18.6. The number of ether oxygens (including phenoxy) is 1. The Morgan fingerprint density at radius 2 is 2.08 bits per heavy atom. The Kier molecular flexibility index (Phi) is 6.80. The Hall–Kier alpha value is -0.773. The highest BCUT2D eigenvalue weighted by atomic mass is 127. The Labute approximate surface area is 166 Å². The fourth-order valence-electron chi connectivity index (χ4n) is 2.15. The Bertz CT molecular complexity index is 790. The van der Waals surface area contributed by atoms with Crippen molar-refractivity contribution in [1.82, 2.24) is 9.55 Å². The van der Waals surface area contributed by atoms with Gasteiger partial charge in [-0.1, -0.05) is 31.2 Å². The number of ketones is 1. The van der Waals surface area contributed by atoms with Crippen molar-refractivity contribution < 1.29 is 13.9 Å². The van der Waals surface area contributed by atoms with Gasteiger partial charge >= 0.3 is 0 Å². The average Bonchev–Trinajstić information content (AvgIpc) is 2.80. The third kappa shape index (κ3) is 5.35. The van der Waals surface area contributed by atoms with E-state index >= 15 is 0 Å². The summed E-state index contributed by atoms with van der Waals surface area (Å²) in [5.74, 6) is -0.582. The molecular formula is C17H21ClFIN2O2Si. The number of rotatable bonds is 7. The zero-order valence-electron chi connectivity index (χ0n) is 14.7. The molecule has 0 radical (unpaired) electrons. The molecule has 0 atom stereocenters. The number of halogens is 3. The molecule has 1 aromatic carbocycles. The smallest absolute Gasteiger partial charge is 0.228 e. The average molecular weight is 495 g/mol. The summed E-state index contributed by atoms with van der Waals surface area (Å²) >= 11 is 7.94. The van der Waals surface area contributed by atoms with E-state index in [0.29, 0.717) is 12.2 Å². The summed E-state index contributed by atoms with van der Waals surface area (Å²) in [7, 11) is -1.17. The predicted molar refractivity (Wildman–Crippen MR) is 109 cm³/mol. The van der Waals surface area contributed by atoms with Gasteiger partial charge in [0.1, 0.15) is 16.2 Å². The van der Waals surface area contributed by atoms with Crippen molar-refractivity contribution in [2.45, 2.75) is 39.3 Å². The van der Waals surface area contributed by atoms with Gasteiger partial charge in [-0.3, -0.25) is 9.36 Å². The first kappa shape index (κ1) is 20.5. The first-order chi connectivity index (χ1) is 11.6. The molecule has 0 N–H and O–H groups in total. The molecule has 1 aromatic heterocycles. The number of carbonyl (C=O) groups is 1. The van der Waals surface area contributed by atoms with E-state index in [1.165, 1.54) is 18.2 Å². The molecule has 0 aliphatic carbocycles. The molecule has 0 unspecified atom stereocenters. The molecule has 136 valence electrons. The first-order valence-corrected chi connectivity index (χ1v) is 13.1. The van der Waals surface area contributed by atoms with Crippen LogP contribution >= 0.6 is 34.2 Å². The van der Waals surface area contributed by atoms with Crippen LogP contribution in [-0.2, 0) is 11.5 Å². The van der Waals surface area contributed by atoms with Crippen LogP contribution in [-0.4, -0.2) is 30.0 Å². The number of hydrogen-bond donors (Lipinski definition) is 0. The third-order valence-electron chi connectivity index (χ3n) is 3.67. The minimum atomic E-state index is -1.17. The minimum absolute atomic E-state index is 0.0817. The summed E-state index contributed by atoms with van der Waals surface area (Å²) in [6.45, 7) is 9.62. The lowest BCUT2D eigenvalue weighted by atomic mass is 10.1. The van der Waals surface area contributed by atoms with E-state index in [4.69, 9.17) is 16.3 Å². The van der Waals surface area contributed by atoms with Gasteiger partial charge in [0.15, 0.2) is 5.82 Å². The van der Waals surface area contributed by atoms with E-state index in [2.05, 4.69) is 47.2 Å². The summed E-state index contributed by atoms with van der Waals surface area (Å²) in [6, 6.07) is 4.97. The van der Waals surface area contributed by atoms with E-state index < -0.39 is 13.9 Å². The lowest BCUT2D eigenvalue weighted by molar-refractivity contribution is 0.0798. The molecule has 0 amide bonds. The second-order valence-electron chi connectivity index (χ2n) is 7.05. The van der Waals surface area contributed by atoms with E-state index in [-0.39, 0.29) is 23.4 Å². The molecule has 4 nitrogen and oxygen atoms in total. The van der Waals surface area contributed by atoms with Gasteiger partial charge in [-0.05, 0) is 53.8 Å². The fourth-order valence-corrected chi connectivity index (χ4v) is 3.57. The van der Waals surface area contributed by atoms with Crippen molar-refractivity contribution in [3.8, 4) is 0 Å². The maximum atomic E-state index is 13.3. The number of carbonyl (C=O) groups excluding carboxylic acids is 1. The maximum Gasteiger partial charge on any atom is 0.228 e. The van der Waals surface area contributed by atoms with Crippen LogP contribution in [0.3, 0.4) is 0 Å². The summed E-state index contributed by atoms with van der Waals surface area (Å²) in [5, 5.41) is -0.0817. The number of imidazole rings is 1. The van der Waals surface area contributed by atoms with Gasteiger partial charge in [0, 0.05) is 20.2 Å². The predicted octanol–water partition coefficient (Wildman–Crippen LogP) is 5.13.